The molecule has 1 saturated heterocycles. The summed E-state index contributed by atoms with van der Waals surface area (Å²) in [5, 5.41) is 1.03. The molecule has 0 aliphatic carbocycles. The number of ether oxygens (including phenoxy) is 2. The van der Waals surface area contributed by atoms with Crippen molar-refractivity contribution in [1.29, 1.82) is 0 Å². The van der Waals surface area contributed by atoms with Gasteiger partial charge >= 0.3 is 5.63 Å². The third kappa shape index (κ3) is 3.87. The van der Waals surface area contributed by atoms with Crippen LogP contribution in [0, 0.1) is 0 Å². The fraction of sp³-hybridized carbons (Fsp3) is 0.375. The summed E-state index contributed by atoms with van der Waals surface area (Å²) in [6.07, 6.45) is 3.16. The Morgan fingerprint density at radius 1 is 1.10 bits per heavy atom. The first-order valence-electron chi connectivity index (χ1n) is 10.2. The largest absolute Gasteiger partial charge is 0.497 e. The van der Waals surface area contributed by atoms with Crippen molar-refractivity contribution in [2.24, 2.45) is 0 Å². The van der Waals surface area contributed by atoms with Crippen molar-refractivity contribution in [3.05, 3.63) is 69.6 Å². The molecule has 1 fully saturated rings. The fourth-order valence-electron chi connectivity index (χ4n) is 4.49. The van der Waals surface area contributed by atoms with Crippen LogP contribution in [0.4, 0.5) is 0 Å². The van der Waals surface area contributed by atoms with Crippen molar-refractivity contribution in [3.8, 4) is 11.5 Å². The Morgan fingerprint density at radius 3 is 2.72 bits per heavy atom. The van der Waals surface area contributed by atoms with Crippen LogP contribution < -0.4 is 20.0 Å². The molecule has 1 unspecified atom stereocenters. The Bertz CT molecular complexity index is 1070. The van der Waals surface area contributed by atoms with E-state index in [4.69, 9.17) is 13.9 Å². The molecule has 2 heterocycles. The fourth-order valence-corrected chi connectivity index (χ4v) is 4.49. The predicted molar refractivity (Wildman–Crippen MR) is 113 cm³/mol. The van der Waals surface area contributed by atoms with Crippen molar-refractivity contribution >= 4 is 11.0 Å². The molecule has 4 rings (SSSR count). The second kappa shape index (κ2) is 8.29. The van der Waals surface area contributed by atoms with Gasteiger partial charge in [0.15, 0.2) is 0 Å². The van der Waals surface area contributed by atoms with Gasteiger partial charge in [0.1, 0.15) is 29.7 Å². The van der Waals surface area contributed by atoms with E-state index in [9.17, 15) is 4.79 Å². The summed E-state index contributed by atoms with van der Waals surface area (Å²) >= 11 is 0. The molecule has 0 amide bonds. The highest BCUT2D eigenvalue weighted by Gasteiger charge is 2.33. The Balaban J connectivity index is 1.68. The Hall–Kier alpha value is -2.79. The summed E-state index contributed by atoms with van der Waals surface area (Å²) in [4.78, 5) is 13.6. The average molecular weight is 394 g/mol. The molecule has 3 aromatic rings. The number of benzene rings is 2. The van der Waals surface area contributed by atoms with Crippen LogP contribution in [-0.2, 0) is 13.0 Å². The number of nitrogens with one attached hydrogen (secondary N) is 1. The van der Waals surface area contributed by atoms with Crippen molar-refractivity contribution in [2.75, 3.05) is 20.8 Å². The van der Waals surface area contributed by atoms with E-state index in [1.54, 1.807) is 20.3 Å². The zero-order chi connectivity index (χ0) is 20.4. The van der Waals surface area contributed by atoms with E-state index in [0.29, 0.717) is 11.6 Å². The smallest absolute Gasteiger partial charge is 0.336 e. The van der Waals surface area contributed by atoms with Crippen LogP contribution in [0.1, 0.15) is 42.5 Å². The molecule has 0 bridgehead atoms. The van der Waals surface area contributed by atoms with Crippen LogP contribution in [0.2, 0.25) is 0 Å². The number of likely N-dealkylation sites (tertiary alicyclic amines) is 1. The van der Waals surface area contributed by atoms with Gasteiger partial charge in [-0.3, -0.25) is 0 Å². The van der Waals surface area contributed by atoms with Gasteiger partial charge in [0, 0.05) is 35.9 Å². The van der Waals surface area contributed by atoms with Crippen LogP contribution in [-0.4, -0.2) is 20.8 Å². The number of hydrogen-bond donors (Lipinski definition) is 1. The summed E-state index contributed by atoms with van der Waals surface area (Å²) in [6.45, 7) is 3.95. The number of fused-ring (bicyclic) bond motifs is 1. The first-order chi connectivity index (χ1) is 14.1. The van der Waals surface area contributed by atoms with Crippen LogP contribution in [0.15, 0.2) is 51.7 Å². The third-order valence-corrected chi connectivity index (χ3v) is 6.02. The maximum Gasteiger partial charge on any atom is 0.336 e. The molecular weight excluding hydrogens is 366 g/mol. The first-order valence-corrected chi connectivity index (χ1v) is 10.2. The van der Waals surface area contributed by atoms with E-state index in [0.717, 1.165) is 54.8 Å². The number of hydrogen-bond acceptors (Lipinski definition) is 4. The molecule has 1 N–H and O–H groups in total. The topological polar surface area (TPSA) is 53.1 Å². The van der Waals surface area contributed by atoms with Crippen molar-refractivity contribution < 1.29 is 18.8 Å². The molecule has 1 aliphatic rings. The van der Waals surface area contributed by atoms with Crippen molar-refractivity contribution in [3.63, 3.8) is 0 Å². The molecule has 29 heavy (non-hydrogen) atoms. The molecule has 2 atom stereocenters. The summed E-state index contributed by atoms with van der Waals surface area (Å²) in [7, 11) is 3.37. The molecule has 5 nitrogen and oxygen atoms in total. The van der Waals surface area contributed by atoms with Gasteiger partial charge in [-0.05, 0) is 30.2 Å². The lowest BCUT2D eigenvalue weighted by molar-refractivity contribution is -0.931. The molecule has 0 saturated carbocycles. The average Bonchev–Trinajstić information content (AvgIpc) is 3.20. The third-order valence-electron chi connectivity index (χ3n) is 6.02. The van der Waals surface area contributed by atoms with Crippen molar-refractivity contribution in [2.45, 2.75) is 38.8 Å². The van der Waals surface area contributed by atoms with Crippen LogP contribution >= 0.6 is 0 Å². The van der Waals surface area contributed by atoms with Crippen LogP contribution in [0.25, 0.3) is 11.0 Å². The van der Waals surface area contributed by atoms with Gasteiger partial charge < -0.3 is 18.8 Å². The minimum Gasteiger partial charge on any atom is -0.497 e. The number of quaternary nitrogens is 1. The van der Waals surface area contributed by atoms with E-state index in [1.165, 1.54) is 16.0 Å². The van der Waals surface area contributed by atoms with E-state index >= 15 is 0 Å². The number of aryl methyl sites for hydroxylation is 1. The summed E-state index contributed by atoms with van der Waals surface area (Å²) in [6, 6.07) is 14.2. The molecule has 1 aromatic heterocycles. The Labute approximate surface area is 170 Å². The second-order valence-corrected chi connectivity index (χ2v) is 7.66. The Morgan fingerprint density at radius 2 is 1.97 bits per heavy atom. The SMILES string of the molecule is CCc1ccc2c(C[NH+]3CCC[C@H]3c3ccc(OC)cc3OC)cc(=O)oc2c1. The number of methoxy groups -OCH3 is 2. The van der Waals surface area contributed by atoms with E-state index in [1.807, 2.05) is 18.2 Å². The molecule has 2 aromatic carbocycles. The van der Waals surface area contributed by atoms with Crippen LogP contribution in [0.3, 0.4) is 0 Å². The van der Waals surface area contributed by atoms with Gasteiger partial charge in [-0.1, -0.05) is 19.1 Å². The predicted octanol–water partition coefficient (Wildman–Crippen LogP) is 3.29. The molecule has 0 radical (unpaired) electrons. The summed E-state index contributed by atoms with van der Waals surface area (Å²) in [5.41, 5.74) is 3.82. The van der Waals surface area contributed by atoms with Gasteiger partial charge in [0.05, 0.1) is 26.3 Å². The molecule has 1 aliphatic heterocycles. The minimum absolute atomic E-state index is 0.280. The highest BCUT2D eigenvalue weighted by Crippen LogP contribution is 2.32. The highest BCUT2D eigenvalue weighted by molar-refractivity contribution is 5.80. The lowest BCUT2D eigenvalue weighted by atomic mass is 10.0. The summed E-state index contributed by atoms with van der Waals surface area (Å²) in [5.74, 6) is 1.65. The second-order valence-electron chi connectivity index (χ2n) is 7.66. The zero-order valence-electron chi connectivity index (χ0n) is 17.3. The van der Waals surface area contributed by atoms with Gasteiger partial charge in [0.25, 0.3) is 0 Å². The van der Waals surface area contributed by atoms with E-state index in [2.05, 4.69) is 25.1 Å². The van der Waals surface area contributed by atoms with Gasteiger partial charge in [-0.15, -0.1) is 0 Å². The molecule has 5 heteroatoms. The summed E-state index contributed by atoms with van der Waals surface area (Å²) < 4.78 is 16.5. The Kier molecular flexibility index (Phi) is 5.58. The maximum absolute atomic E-state index is 12.2. The molecular formula is C24H28NO4+. The van der Waals surface area contributed by atoms with Crippen LogP contribution in [0.5, 0.6) is 11.5 Å². The number of rotatable bonds is 6. The highest BCUT2D eigenvalue weighted by atomic mass is 16.5. The van der Waals surface area contributed by atoms with E-state index in [-0.39, 0.29) is 5.63 Å². The van der Waals surface area contributed by atoms with Gasteiger partial charge in [-0.2, -0.15) is 0 Å². The minimum atomic E-state index is -0.280. The van der Waals surface area contributed by atoms with Gasteiger partial charge in [-0.25, -0.2) is 4.79 Å². The molecule has 152 valence electrons. The standard InChI is InChI=1S/C24H27NO4/c1-4-16-7-9-19-17(13-24(26)29-23(19)12-16)15-25-11-5-6-21(25)20-10-8-18(27-2)14-22(20)28-3/h7-10,12-14,21H,4-6,11,15H2,1-3H3/p+1/t21-/m0/s1. The monoisotopic (exact) mass is 394 g/mol. The lowest BCUT2D eigenvalue weighted by Gasteiger charge is -2.24. The molecule has 0 spiro atoms. The van der Waals surface area contributed by atoms with E-state index < -0.39 is 0 Å². The lowest BCUT2D eigenvalue weighted by Crippen LogP contribution is -3.08. The zero-order valence-corrected chi connectivity index (χ0v) is 17.3. The first kappa shape index (κ1) is 19.5. The maximum atomic E-state index is 12.2. The normalized spacial score (nSPS) is 18.9. The quantitative estimate of drug-likeness (QED) is 0.652. The van der Waals surface area contributed by atoms with Gasteiger partial charge in [0.2, 0.25) is 0 Å². The van der Waals surface area contributed by atoms with Crippen molar-refractivity contribution in [1.82, 2.24) is 0 Å².